The summed E-state index contributed by atoms with van der Waals surface area (Å²) in [5.74, 6) is -10.8. The van der Waals surface area contributed by atoms with Crippen LogP contribution < -0.4 is 30.8 Å². The highest BCUT2D eigenvalue weighted by Gasteiger charge is 2.51. The maximum Gasteiger partial charge on any atom is 0.410 e. The predicted octanol–water partition coefficient (Wildman–Crippen LogP) is 5.85. The average Bonchev–Trinajstić information content (AvgIpc) is 1.56. The smallest absolute Gasteiger partial charge is 0.410 e. The van der Waals surface area contributed by atoms with Gasteiger partial charge in [0.05, 0.1) is 41.4 Å². The number of piperidine rings is 1. The van der Waals surface area contributed by atoms with E-state index in [1.165, 1.54) is 97.5 Å². The van der Waals surface area contributed by atoms with Crippen LogP contribution in [0.15, 0.2) is 70.4 Å². The van der Waals surface area contributed by atoms with Gasteiger partial charge >= 0.3 is 45.0 Å². The lowest BCUT2D eigenvalue weighted by Gasteiger charge is -2.39. The van der Waals surface area contributed by atoms with Crippen molar-refractivity contribution < 1.29 is 115 Å². The molecule has 0 radical (unpaired) electrons. The number of carbonyl (C=O) groups excluding carboxylic acids is 7. The first-order valence-corrected chi connectivity index (χ1v) is 36.0. The van der Waals surface area contributed by atoms with E-state index in [2.05, 4.69) is 29.4 Å². The maximum atomic E-state index is 15.0. The van der Waals surface area contributed by atoms with Crippen LogP contribution in [0.4, 0.5) is 10.5 Å². The lowest BCUT2D eigenvalue weighted by atomic mass is 9.78. The zero-order valence-corrected chi connectivity index (χ0v) is 59.6. The number of hydrogen-bond donors (Lipinski definition) is 9. The van der Waals surface area contributed by atoms with Gasteiger partial charge in [0.15, 0.2) is 16.8 Å². The fraction of sp³-hybridized carbons (Fsp3) is 0.567. The van der Waals surface area contributed by atoms with Gasteiger partial charge in [-0.25, -0.2) is 4.79 Å². The topological polar surface area (TPSA) is 424 Å². The van der Waals surface area contributed by atoms with Crippen molar-refractivity contribution >= 4 is 73.3 Å². The zero-order valence-electron chi connectivity index (χ0n) is 57.8. The number of aliphatic hydroxyl groups excluding tert-OH is 1. The van der Waals surface area contributed by atoms with Crippen LogP contribution in [0.3, 0.4) is 0 Å². The van der Waals surface area contributed by atoms with E-state index in [0.717, 1.165) is 11.4 Å². The van der Waals surface area contributed by atoms with Gasteiger partial charge in [0, 0.05) is 114 Å². The second-order valence-corrected chi connectivity index (χ2v) is 30.2. The molecule has 1 fully saturated rings. The lowest BCUT2D eigenvalue weighted by molar-refractivity contribution is -0.167. The number of likely N-dealkylation sites (N-methyl/N-ethyl adjacent to an activating group) is 1. The molecule has 10 atom stereocenters. The predicted molar refractivity (Wildman–Crippen MR) is 357 cm³/mol. The molecule has 3 amide bonds. The summed E-state index contributed by atoms with van der Waals surface area (Å²) < 4.78 is 69.6. The number of hydrogen-bond acceptors (Lipinski definition) is 23. The number of aromatic hydroxyl groups is 2. The van der Waals surface area contributed by atoms with Gasteiger partial charge in [-0.05, 0) is 56.4 Å². The van der Waals surface area contributed by atoms with Gasteiger partial charge in [-0.15, -0.1) is 0 Å². The number of rotatable bonds is 21. The van der Waals surface area contributed by atoms with Crippen LogP contribution in [0.1, 0.15) is 123 Å². The number of ketones is 1. The fourth-order valence-electron chi connectivity index (χ4n) is 12.7. The van der Waals surface area contributed by atoms with Gasteiger partial charge in [0.25, 0.3) is 11.7 Å². The monoisotopic (exact) mass is 1430 g/mol. The molecule has 5 bridgehead atoms. The Morgan fingerprint density at radius 3 is 2.11 bits per heavy atom. The van der Waals surface area contributed by atoms with Crippen molar-refractivity contribution in [3.63, 3.8) is 0 Å². The van der Waals surface area contributed by atoms with E-state index >= 15 is 4.79 Å². The Labute approximate surface area is 573 Å². The van der Waals surface area contributed by atoms with E-state index in [-0.39, 0.29) is 81.2 Å². The molecule has 5 aliphatic heterocycles. The minimum Gasteiger partial charge on any atom is -0.507 e. The quantitative estimate of drug-likeness (QED) is 0.0151. The number of phenolic OH excluding ortho intramolecular Hbond substituents is 2. The summed E-state index contributed by atoms with van der Waals surface area (Å²) in [5, 5.41) is 40.0. The summed E-state index contributed by atoms with van der Waals surface area (Å²) in [6, 6.07) is 4.49. The number of fused-ring (bicyclic) bond motifs is 13. The largest absolute Gasteiger partial charge is 0.507 e. The molecule has 0 unspecified atom stereocenters. The average molecular weight is 1430 g/mol. The Morgan fingerprint density at radius 1 is 0.869 bits per heavy atom. The van der Waals surface area contributed by atoms with Crippen molar-refractivity contribution in [1.29, 1.82) is 0 Å². The van der Waals surface area contributed by atoms with E-state index < -0.39 is 159 Å². The molecule has 99 heavy (non-hydrogen) atoms. The Kier molecular flexibility index (Phi) is 25.9. The number of anilines is 1. The molecule has 5 aliphatic rings. The first-order valence-electron chi connectivity index (χ1n) is 32.6. The summed E-state index contributed by atoms with van der Waals surface area (Å²) in [4.78, 5) is 148. The third-order valence-electron chi connectivity index (χ3n) is 18.2. The Balaban J connectivity index is 1.22. The molecule has 1 spiro atoms. The molecule has 3 aromatic rings. The molecule has 0 saturated carbocycles. The number of benzene rings is 3. The number of phenols is 2. The van der Waals surface area contributed by atoms with Gasteiger partial charge < -0.3 is 93.2 Å². The zero-order chi connectivity index (χ0) is 73.4. The normalized spacial score (nSPS) is 25.0. The second kappa shape index (κ2) is 32.7. The van der Waals surface area contributed by atoms with Crippen molar-refractivity contribution in [3.8, 4) is 23.0 Å². The van der Waals surface area contributed by atoms with Gasteiger partial charge in [0.1, 0.15) is 53.1 Å². The number of esters is 3. The Hall–Kier alpha value is -7.79. The number of amides is 3. The van der Waals surface area contributed by atoms with E-state index in [1.54, 1.807) is 33.8 Å². The summed E-state index contributed by atoms with van der Waals surface area (Å²) >= 11 is 0. The molecule has 0 aromatic heterocycles. The molecule has 8 rings (SSSR count). The van der Waals surface area contributed by atoms with Gasteiger partial charge in [-0.2, -0.15) is 0 Å². The standard InChI is InChI=1S/C67H92N6O24P2/c1-14-47(75)92-34-93-65(83)68-45(31-43-20-22-44(23-21-43)91-29-16-19-49(98(84,85)86)99(87,88)89)64(82)72(12)33-48(76)96-59-36(4)17-15-18-37(5)63(81)69-55-54-53(70-67(71-54)25-27-73(28-26-67)32-35(2)3)50-51(58(55)79)57(78)41(9)61-52(50)62(80)66(11,97-61)94-30-24-46(90-13)38(6)60(95-42(10)74)40(8)56(77)39(59)7/h15,17-18,20-24,30,35-36,38-40,45-46,49,56,59-60,77-79H,14,16,19,25-29,31-34H2,1-13H3,(H,68,83)(H,69,81)(H2,84,85,86)(H2,87,88,89)/b17-15+,30-24+,37-18-/t36-,38+,39-,40+,45+,46-,56+,59-,60+,66-/m0/s1. The van der Waals surface area contributed by atoms with Crippen LogP contribution in [-0.4, -0.2) is 187 Å². The molecule has 1 saturated heterocycles. The number of likely N-dealkylation sites (tertiary alicyclic amines) is 1. The molecular weight excluding hydrogens is 1330 g/mol. The molecule has 0 aliphatic carbocycles. The van der Waals surface area contributed by atoms with E-state index in [9.17, 15) is 72.8 Å². The Morgan fingerprint density at radius 2 is 1.51 bits per heavy atom. The van der Waals surface area contributed by atoms with Crippen molar-refractivity contribution in [2.75, 3.05) is 59.1 Å². The van der Waals surface area contributed by atoms with Crippen LogP contribution >= 0.6 is 15.2 Å². The van der Waals surface area contributed by atoms with Crippen LogP contribution in [-0.2, 0) is 67.9 Å². The van der Waals surface area contributed by atoms with Crippen molar-refractivity contribution in [3.05, 3.63) is 87.8 Å². The number of methoxy groups -OCH3 is 1. The van der Waals surface area contributed by atoms with Crippen molar-refractivity contribution in [2.24, 2.45) is 39.6 Å². The minimum absolute atomic E-state index is 0.0291. The van der Waals surface area contributed by atoms with E-state index in [0.29, 0.717) is 37.4 Å². The molecule has 5 heterocycles. The van der Waals surface area contributed by atoms with Crippen molar-refractivity contribution in [1.82, 2.24) is 15.1 Å². The van der Waals surface area contributed by atoms with Gasteiger partial charge in [-0.1, -0.05) is 78.8 Å². The first-order chi connectivity index (χ1) is 46.3. The number of nitrogens with zero attached hydrogens (tertiary/aromatic N) is 4. The third-order valence-corrected chi connectivity index (χ3v) is 22.0. The van der Waals surface area contributed by atoms with E-state index in [1.807, 2.05) is 0 Å². The number of Topliss-reactive ketones (excluding diaryl/α,β-unsaturated/α-hetero) is 1. The summed E-state index contributed by atoms with van der Waals surface area (Å²) in [5.41, 5.74) is -0.731. The molecule has 9 N–H and O–H groups in total. The van der Waals surface area contributed by atoms with Crippen molar-refractivity contribution in [2.45, 2.75) is 162 Å². The molecule has 30 nitrogen and oxygen atoms in total. The number of allylic oxidation sites excluding steroid dienone is 2. The van der Waals surface area contributed by atoms with Gasteiger partial charge in [0.2, 0.25) is 12.7 Å². The highest BCUT2D eigenvalue weighted by atomic mass is 31.2. The number of alkyl carbamates (subject to hydrolysis) is 1. The minimum atomic E-state index is -5.15. The number of ether oxygens (including phenoxy) is 8. The molecule has 3 aromatic carbocycles. The highest BCUT2D eigenvalue weighted by Crippen LogP contribution is 2.61. The first kappa shape index (κ1) is 78.5. The number of nitrogens with one attached hydrogen (secondary N) is 2. The van der Waals surface area contributed by atoms with Crippen LogP contribution in [0.2, 0.25) is 0 Å². The number of aliphatic hydroxyl groups is 1. The van der Waals surface area contributed by atoms with E-state index in [4.69, 9.17) is 47.9 Å². The lowest BCUT2D eigenvalue weighted by Crippen LogP contribution is -2.51. The van der Waals surface area contributed by atoms with Crippen LogP contribution in [0, 0.1) is 36.5 Å². The molecular formula is C67H92N6O24P2. The van der Waals surface area contributed by atoms with Crippen LogP contribution in [0.25, 0.3) is 10.8 Å². The SMILES string of the molecule is CCC(=O)OCOC(=O)N[C@H](Cc1ccc(OCCCC(P(=O)(O)O)P(=O)(O)O)cc1)C(=O)N(C)CC(=O)O[C@@H]1[C@@H](C)[C@@H](O)[C@@H](C)[C@H](OC(C)=O)[C@H](C)[C@@H](OC)/C=C/O[C@@]2(C)Oc3c(C)c(O)c4c(O)c(c5c(c4c3C2=O)=NC2(CCN(CC(C)C)CC2)N=5)NC(=O)/C(C)=C\C=C\[C@@H]1C. The second-order valence-electron chi connectivity index (χ2n) is 26.2. The number of carbonyl (C=O) groups is 7. The Bertz CT molecular complexity index is 3840. The highest BCUT2D eigenvalue weighted by molar-refractivity contribution is 7.70. The fourth-order valence-corrected chi connectivity index (χ4v) is 15.3. The maximum absolute atomic E-state index is 15.0. The summed E-state index contributed by atoms with van der Waals surface area (Å²) in [7, 11) is -7.66. The molecule has 32 heteroatoms. The van der Waals surface area contributed by atoms with Gasteiger partial charge in [-0.3, -0.25) is 47.9 Å². The summed E-state index contributed by atoms with van der Waals surface area (Å²) in [6.45, 7) is 18.2. The summed E-state index contributed by atoms with van der Waals surface area (Å²) in [6.07, 6.45) is 1.17. The van der Waals surface area contributed by atoms with Crippen LogP contribution in [0.5, 0.6) is 23.0 Å². The third kappa shape index (κ3) is 18.8. The molecule has 544 valence electrons.